The molecule has 0 aliphatic carbocycles. The zero-order valence-corrected chi connectivity index (χ0v) is 10.6. The Bertz CT molecular complexity index is 282. The minimum atomic E-state index is -0.0628. The van der Waals surface area contributed by atoms with Crippen LogP contribution in [0.2, 0.25) is 0 Å². The number of hydrogen-bond donors (Lipinski definition) is 1. The number of rotatable bonds is 7. The smallest absolute Gasteiger partial charge is 0.0746 e. The van der Waals surface area contributed by atoms with Crippen molar-refractivity contribution < 1.29 is 4.74 Å². The fourth-order valence-corrected chi connectivity index (χ4v) is 1.52. The summed E-state index contributed by atoms with van der Waals surface area (Å²) >= 11 is 0. The van der Waals surface area contributed by atoms with E-state index in [1.807, 2.05) is 0 Å². The molecule has 2 heteroatoms. The van der Waals surface area contributed by atoms with Crippen molar-refractivity contribution in [2.75, 3.05) is 20.2 Å². The molecule has 0 aliphatic rings. The quantitative estimate of drug-likeness (QED) is 0.715. The molecule has 0 heterocycles. The zero-order valence-electron chi connectivity index (χ0n) is 10.6. The number of methoxy groups -OCH3 is 1. The highest BCUT2D eigenvalue weighted by Gasteiger charge is 2.14. The van der Waals surface area contributed by atoms with E-state index < -0.39 is 0 Å². The van der Waals surface area contributed by atoms with E-state index in [1.54, 1.807) is 7.11 Å². The molecule has 0 saturated carbocycles. The van der Waals surface area contributed by atoms with E-state index in [4.69, 9.17) is 4.74 Å². The van der Waals surface area contributed by atoms with Gasteiger partial charge in [0.2, 0.25) is 0 Å². The van der Waals surface area contributed by atoms with Gasteiger partial charge in [-0.25, -0.2) is 0 Å². The number of hydrogen-bond acceptors (Lipinski definition) is 2. The van der Waals surface area contributed by atoms with Crippen molar-refractivity contribution in [2.24, 2.45) is 0 Å². The molecule has 2 nitrogen and oxygen atoms in total. The molecule has 1 rings (SSSR count). The fraction of sp³-hybridized carbons (Fsp3) is 0.571. The Hall–Kier alpha value is -0.860. The molecule has 0 atom stereocenters. The van der Waals surface area contributed by atoms with E-state index >= 15 is 0 Å². The van der Waals surface area contributed by atoms with Gasteiger partial charge in [0.1, 0.15) is 0 Å². The van der Waals surface area contributed by atoms with Crippen LogP contribution in [-0.2, 0) is 11.2 Å². The van der Waals surface area contributed by atoms with Crippen molar-refractivity contribution in [3.63, 3.8) is 0 Å². The lowest BCUT2D eigenvalue weighted by Crippen LogP contribution is -2.37. The van der Waals surface area contributed by atoms with Crippen LogP contribution in [0.3, 0.4) is 0 Å². The molecule has 0 aliphatic heterocycles. The van der Waals surface area contributed by atoms with Gasteiger partial charge in [-0.1, -0.05) is 30.3 Å². The van der Waals surface area contributed by atoms with E-state index in [0.29, 0.717) is 0 Å². The Labute approximate surface area is 99.0 Å². The molecule has 0 fully saturated rings. The largest absolute Gasteiger partial charge is 0.377 e. The van der Waals surface area contributed by atoms with Gasteiger partial charge in [0.05, 0.1) is 5.60 Å². The summed E-state index contributed by atoms with van der Waals surface area (Å²) in [6.07, 6.45) is 2.31. The molecule has 16 heavy (non-hydrogen) atoms. The Morgan fingerprint density at radius 1 is 1.19 bits per heavy atom. The van der Waals surface area contributed by atoms with Crippen LogP contribution in [0.1, 0.15) is 25.8 Å². The van der Waals surface area contributed by atoms with E-state index in [1.165, 1.54) is 12.0 Å². The second-order valence-corrected chi connectivity index (χ2v) is 4.73. The lowest BCUT2D eigenvalue weighted by atomic mass is 10.1. The lowest BCUT2D eigenvalue weighted by Gasteiger charge is -2.23. The molecule has 0 aromatic heterocycles. The van der Waals surface area contributed by atoms with Gasteiger partial charge in [-0.3, -0.25) is 0 Å². The van der Waals surface area contributed by atoms with Crippen LogP contribution in [0.4, 0.5) is 0 Å². The van der Waals surface area contributed by atoms with Crippen molar-refractivity contribution in [2.45, 2.75) is 32.3 Å². The van der Waals surface area contributed by atoms with Gasteiger partial charge >= 0.3 is 0 Å². The molecule has 90 valence electrons. The number of aryl methyl sites for hydroxylation is 1. The second-order valence-electron chi connectivity index (χ2n) is 4.73. The molecule has 0 bridgehead atoms. The van der Waals surface area contributed by atoms with Gasteiger partial charge in [-0.05, 0) is 38.8 Å². The molecule has 0 unspecified atom stereocenters. The van der Waals surface area contributed by atoms with Crippen LogP contribution >= 0.6 is 0 Å². The van der Waals surface area contributed by atoms with Gasteiger partial charge in [-0.2, -0.15) is 0 Å². The first-order valence-corrected chi connectivity index (χ1v) is 5.94. The summed E-state index contributed by atoms with van der Waals surface area (Å²) in [5.41, 5.74) is 1.35. The summed E-state index contributed by atoms with van der Waals surface area (Å²) in [6, 6.07) is 10.6. The number of nitrogens with one attached hydrogen (secondary N) is 1. The third-order valence-corrected chi connectivity index (χ3v) is 2.77. The van der Waals surface area contributed by atoms with Crippen molar-refractivity contribution >= 4 is 0 Å². The predicted molar refractivity (Wildman–Crippen MR) is 68.7 cm³/mol. The van der Waals surface area contributed by atoms with Gasteiger partial charge in [0.25, 0.3) is 0 Å². The molecular weight excluding hydrogens is 198 g/mol. The molecule has 0 amide bonds. The first-order chi connectivity index (χ1) is 7.64. The Morgan fingerprint density at radius 3 is 2.50 bits per heavy atom. The minimum Gasteiger partial charge on any atom is -0.377 e. The number of ether oxygens (including phenoxy) is 1. The highest BCUT2D eigenvalue weighted by atomic mass is 16.5. The van der Waals surface area contributed by atoms with E-state index in [9.17, 15) is 0 Å². The third-order valence-electron chi connectivity index (χ3n) is 2.77. The van der Waals surface area contributed by atoms with E-state index in [2.05, 4.69) is 49.5 Å². The number of benzene rings is 1. The van der Waals surface area contributed by atoms with Crippen molar-refractivity contribution in [1.82, 2.24) is 5.32 Å². The normalized spacial score (nSPS) is 11.7. The summed E-state index contributed by atoms with van der Waals surface area (Å²) in [5.74, 6) is 0. The van der Waals surface area contributed by atoms with Crippen LogP contribution in [-0.4, -0.2) is 25.8 Å². The van der Waals surface area contributed by atoms with Crippen LogP contribution in [0.5, 0.6) is 0 Å². The van der Waals surface area contributed by atoms with Gasteiger partial charge < -0.3 is 10.1 Å². The first-order valence-electron chi connectivity index (χ1n) is 5.94. The van der Waals surface area contributed by atoms with Crippen molar-refractivity contribution in [3.05, 3.63) is 35.9 Å². The molecule has 1 aromatic carbocycles. The second kappa shape index (κ2) is 6.66. The molecule has 0 radical (unpaired) electrons. The van der Waals surface area contributed by atoms with Crippen LogP contribution in [0.15, 0.2) is 30.3 Å². The average Bonchev–Trinajstić information content (AvgIpc) is 2.30. The molecule has 1 aromatic rings. The van der Waals surface area contributed by atoms with Crippen LogP contribution < -0.4 is 5.32 Å². The van der Waals surface area contributed by atoms with Crippen LogP contribution in [0.25, 0.3) is 0 Å². The Morgan fingerprint density at radius 2 is 1.88 bits per heavy atom. The topological polar surface area (TPSA) is 21.3 Å². The summed E-state index contributed by atoms with van der Waals surface area (Å²) < 4.78 is 5.34. The maximum absolute atomic E-state index is 5.34. The maximum atomic E-state index is 5.34. The van der Waals surface area contributed by atoms with Gasteiger partial charge in [0.15, 0.2) is 0 Å². The SMILES string of the molecule is COC(C)(C)CNCCCc1ccccc1. The summed E-state index contributed by atoms with van der Waals surface area (Å²) in [4.78, 5) is 0. The monoisotopic (exact) mass is 221 g/mol. The first kappa shape index (κ1) is 13.2. The van der Waals surface area contributed by atoms with Crippen LogP contribution in [0, 0.1) is 0 Å². The highest BCUT2D eigenvalue weighted by Crippen LogP contribution is 2.05. The standard InChI is InChI=1S/C14H23NO/c1-14(2,16-3)12-15-11-7-10-13-8-5-4-6-9-13/h4-6,8-9,15H,7,10-12H2,1-3H3. The molecule has 0 saturated heterocycles. The van der Waals surface area contributed by atoms with Gasteiger partial charge in [0, 0.05) is 13.7 Å². The summed E-state index contributed by atoms with van der Waals surface area (Å²) in [6.45, 7) is 6.13. The lowest BCUT2D eigenvalue weighted by molar-refractivity contribution is 0.0234. The van der Waals surface area contributed by atoms with Crippen molar-refractivity contribution in [1.29, 1.82) is 0 Å². The molecular formula is C14H23NO. The Kier molecular flexibility index (Phi) is 5.50. The summed E-state index contributed by atoms with van der Waals surface area (Å²) in [5, 5.41) is 3.42. The molecule has 0 spiro atoms. The minimum absolute atomic E-state index is 0.0628. The summed E-state index contributed by atoms with van der Waals surface area (Å²) in [7, 11) is 1.76. The molecule has 1 N–H and O–H groups in total. The van der Waals surface area contributed by atoms with E-state index in [0.717, 1.165) is 19.5 Å². The highest BCUT2D eigenvalue weighted by molar-refractivity contribution is 5.14. The third kappa shape index (κ3) is 5.29. The van der Waals surface area contributed by atoms with Gasteiger partial charge in [-0.15, -0.1) is 0 Å². The average molecular weight is 221 g/mol. The Balaban J connectivity index is 2.09. The van der Waals surface area contributed by atoms with E-state index in [-0.39, 0.29) is 5.60 Å². The fourth-order valence-electron chi connectivity index (χ4n) is 1.52. The van der Waals surface area contributed by atoms with Crippen molar-refractivity contribution in [3.8, 4) is 0 Å². The predicted octanol–water partition coefficient (Wildman–Crippen LogP) is 2.63. The maximum Gasteiger partial charge on any atom is 0.0746 e. The zero-order chi connectivity index (χ0) is 11.9.